The number of imidazole rings is 1. The molecule has 174 valence electrons. The normalized spacial score (nSPS) is 13.1. The lowest BCUT2D eigenvalue weighted by molar-refractivity contribution is 0.0703. The number of anilines is 1. The number of fused-ring (bicyclic) bond motifs is 2. The average molecular weight is 467 g/mol. The molecule has 11 nitrogen and oxygen atoms in total. The molecular formula is C24H21N9O2. The molecule has 2 amide bonds. The first kappa shape index (κ1) is 20.8. The molecule has 1 aliphatic heterocycles. The molecular weight excluding hydrogens is 446 g/mol. The molecule has 1 aliphatic rings. The topological polar surface area (TPSA) is 115 Å². The Morgan fingerprint density at radius 2 is 1.94 bits per heavy atom. The van der Waals surface area contributed by atoms with Crippen molar-refractivity contribution < 1.29 is 9.59 Å². The maximum Gasteiger partial charge on any atom is 0.274 e. The number of carbonyl (C=O) groups is 2. The van der Waals surface area contributed by atoms with Gasteiger partial charge in [0.15, 0.2) is 5.82 Å². The Morgan fingerprint density at radius 3 is 2.80 bits per heavy atom. The first-order valence-corrected chi connectivity index (χ1v) is 11.1. The highest BCUT2D eigenvalue weighted by atomic mass is 16.2. The van der Waals surface area contributed by atoms with E-state index in [0.717, 1.165) is 11.3 Å². The fourth-order valence-corrected chi connectivity index (χ4v) is 4.27. The maximum atomic E-state index is 13.3. The number of nitrogens with one attached hydrogen (secondary N) is 1. The van der Waals surface area contributed by atoms with Gasteiger partial charge in [0.2, 0.25) is 0 Å². The summed E-state index contributed by atoms with van der Waals surface area (Å²) in [5, 5.41) is 15.0. The van der Waals surface area contributed by atoms with E-state index in [1.54, 1.807) is 30.4 Å². The maximum absolute atomic E-state index is 13.3. The third-order valence-corrected chi connectivity index (χ3v) is 6.10. The van der Waals surface area contributed by atoms with Crippen molar-refractivity contribution in [2.45, 2.75) is 13.1 Å². The van der Waals surface area contributed by atoms with Gasteiger partial charge in [-0.25, -0.2) is 4.98 Å². The molecule has 0 spiro atoms. The molecule has 4 aromatic heterocycles. The van der Waals surface area contributed by atoms with Crippen LogP contribution in [0.5, 0.6) is 0 Å². The third kappa shape index (κ3) is 3.72. The molecule has 0 atom stereocenters. The number of carbonyl (C=O) groups excluding carboxylic acids is 2. The predicted molar refractivity (Wildman–Crippen MR) is 127 cm³/mol. The zero-order valence-electron chi connectivity index (χ0n) is 18.9. The van der Waals surface area contributed by atoms with Crippen LogP contribution < -0.4 is 5.32 Å². The molecule has 0 unspecified atom stereocenters. The van der Waals surface area contributed by atoms with Crippen LogP contribution >= 0.6 is 0 Å². The van der Waals surface area contributed by atoms with Crippen LogP contribution in [0.1, 0.15) is 26.7 Å². The highest BCUT2D eigenvalue weighted by Gasteiger charge is 2.29. The van der Waals surface area contributed by atoms with Crippen molar-refractivity contribution in [1.29, 1.82) is 0 Å². The number of pyridine rings is 1. The smallest absolute Gasteiger partial charge is 0.274 e. The summed E-state index contributed by atoms with van der Waals surface area (Å²) in [4.78, 5) is 32.8. The first-order chi connectivity index (χ1) is 17.1. The highest BCUT2D eigenvalue weighted by molar-refractivity contribution is 6.11. The summed E-state index contributed by atoms with van der Waals surface area (Å²) >= 11 is 0. The summed E-state index contributed by atoms with van der Waals surface area (Å²) in [5.41, 5.74) is 3.54. The van der Waals surface area contributed by atoms with Crippen molar-refractivity contribution >= 4 is 23.1 Å². The number of aromatic nitrogens is 7. The number of rotatable bonds is 4. The van der Waals surface area contributed by atoms with E-state index >= 15 is 0 Å². The molecule has 1 N–H and O–H groups in total. The second-order valence-electron chi connectivity index (χ2n) is 8.32. The molecule has 0 saturated heterocycles. The number of amides is 2. The van der Waals surface area contributed by atoms with Crippen molar-refractivity contribution in [2.75, 3.05) is 11.9 Å². The zero-order chi connectivity index (χ0) is 23.9. The SMILES string of the molecule is Cn1ncc(C(=O)N2CCn3cnnc3C2)c1C(=O)Nc1ccn2cc(-c3ccccc3)nc2c1. The highest BCUT2D eigenvalue weighted by Crippen LogP contribution is 2.22. The summed E-state index contributed by atoms with van der Waals surface area (Å²) in [6, 6.07) is 13.5. The molecule has 0 aliphatic carbocycles. The number of hydrogen-bond acceptors (Lipinski definition) is 6. The Labute approximate surface area is 199 Å². The van der Waals surface area contributed by atoms with Gasteiger partial charge in [0.25, 0.3) is 11.8 Å². The van der Waals surface area contributed by atoms with Crippen LogP contribution in [0, 0.1) is 0 Å². The van der Waals surface area contributed by atoms with Gasteiger partial charge in [-0.15, -0.1) is 10.2 Å². The van der Waals surface area contributed by atoms with E-state index < -0.39 is 5.91 Å². The monoisotopic (exact) mass is 467 g/mol. The minimum absolute atomic E-state index is 0.190. The van der Waals surface area contributed by atoms with E-state index in [9.17, 15) is 9.59 Å². The molecule has 11 heteroatoms. The molecule has 0 saturated carbocycles. The molecule has 0 bridgehead atoms. The van der Waals surface area contributed by atoms with Crippen molar-refractivity contribution in [3.8, 4) is 11.3 Å². The molecule has 5 heterocycles. The van der Waals surface area contributed by atoms with Gasteiger partial charge in [0.05, 0.1) is 24.0 Å². The fraction of sp³-hybridized carbons (Fsp3) is 0.167. The van der Waals surface area contributed by atoms with E-state index in [1.807, 2.05) is 51.7 Å². The summed E-state index contributed by atoms with van der Waals surface area (Å²) < 4.78 is 5.22. The summed E-state index contributed by atoms with van der Waals surface area (Å²) in [6.45, 7) is 1.43. The summed E-state index contributed by atoms with van der Waals surface area (Å²) in [6.07, 6.45) is 6.86. The van der Waals surface area contributed by atoms with Crippen LogP contribution in [0.25, 0.3) is 16.9 Å². The number of nitrogens with zero attached hydrogens (tertiary/aromatic N) is 8. The zero-order valence-corrected chi connectivity index (χ0v) is 18.9. The lowest BCUT2D eigenvalue weighted by Crippen LogP contribution is -2.39. The van der Waals surface area contributed by atoms with E-state index in [-0.39, 0.29) is 17.2 Å². The van der Waals surface area contributed by atoms with Crippen molar-refractivity contribution in [2.24, 2.45) is 7.05 Å². The molecule has 6 rings (SSSR count). The fourth-order valence-electron chi connectivity index (χ4n) is 4.27. The van der Waals surface area contributed by atoms with Crippen LogP contribution in [0.3, 0.4) is 0 Å². The van der Waals surface area contributed by atoms with Crippen LogP contribution in [-0.2, 0) is 20.1 Å². The van der Waals surface area contributed by atoms with E-state index in [1.165, 1.54) is 10.9 Å². The van der Waals surface area contributed by atoms with Crippen LogP contribution in [0.15, 0.2) is 67.4 Å². The average Bonchev–Trinajstić information content (AvgIpc) is 3.61. The van der Waals surface area contributed by atoms with Gasteiger partial charge in [-0.3, -0.25) is 14.3 Å². The van der Waals surface area contributed by atoms with Crippen molar-refractivity contribution in [1.82, 2.24) is 38.8 Å². The van der Waals surface area contributed by atoms with Gasteiger partial charge in [-0.2, -0.15) is 5.10 Å². The summed E-state index contributed by atoms with van der Waals surface area (Å²) in [7, 11) is 1.64. The Morgan fingerprint density at radius 1 is 1.09 bits per heavy atom. The van der Waals surface area contributed by atoms with Crippen LogP contribution in [0.4, 0.5) is 5.69 Å². The van der Waals surface area contributed by atoms with Gasteiger partial charge in [-0.05, 0) is 6.07 Å². The van der Waals surface area contributed by atoms with Gasteiger partial charge >= 0.3 is 0 Å². The second-order valence-corrected chi connectivity index (χ2v) is 8.32. The third-order valence-electron chi connectivity index (χ3n) is 6.10. The Hall–Kier alpha value is -4.80. The Bertz CT molecular complexity index is 1560. The Balaban J connectivity index is 1.24. The van der Waals surface area contributed by atoms with Crippen LogP contribution in [-0.4, -0.2) is 57.2 Å². The minimum Gasteiger partial charge on any atom is -0.329 e. The largest absolute Gasteiger partial charge is 0.329 e. The van der Waals surface area contributed by atoms with Crippen molar-refractivity contribution in [3.05, 3.63) is 84.5 Å². The molecule has 1 aromatic carbocycles. The van der Waals surface area contributed by atoms with Gasteiger partial charge in [0.1, 0.15) is 17.7 Å². The van der Waals surface area contributed by atoms with Gasteiger partial charge < -0.3 is 19.2 Å². The predicted octanol–water partition coefficient (Wildman–Crippen LogP) is 2.23. The lowest BCUT2D eigenvalue weighted by atomic mass is 10.2. The molecule has 0 fully saturated rings. The minimum atomic E-state index is -0.423. The lowest BCUT2D eigenvalue weighted by Gasteiger charge is -2.27. The number of benzene rings is 1. The molecule has 5 aromatic rings. The van der Waals surface area contributed by atoms with E-state index in [2.05, 4.69) is 25.6 Å². The van der Waals surface area contributed by atoms with Crippen molar-refractivity contribution in [3.63, 3.8) is 0 Å². The second kappa shape index (κ2) is 8.20. The summed E-state index contributed by atoms with van der Waals surface area (Å²) in [5.74, 6) is 0.0174. The number of aryl methyl sites for hydroxylation is 1. The quantitative estimate of drug-likeness (QED) is 0.433. The Kier molecular flexibility index (Phi) is 4.87. The van der Waals surface area contributed by atoms with Gasteiger partial charge in [0, 0.05) is 49.8 Å². The van der Waals surface area contributed by atoms with E-state index in [4.69, 9.17) is 0 Å². The standard InChI is InChI=1S/C24H21N9O2/c1-30-22(18(12-26-30)24(35)32-9-10-33-15-25-29-21(33)14-32)23(34)27-17-7-8-31-13-19(28-20(31)11-17)16-5-3-2-4-6-16/h2-8,11-13,15H,9-10,14H2,1H3,(H,27,34). The van der Waals surface area contributed by atoms with Crippen LogP contribution in [0.2, 0.25) is 0 Å². The molecule has 0 radical (unpaired) electrons. The van der Waals surface area contributed by atoms with Gasteiger partial charge in [-0.1, -0.05) is 30.3 Å². The first-order valence-electron chi connectivity index (χ1n) is 11.1. The molecule has 35 heavy (non-hydrogen) atoms. The number of hydrogen-bond donors (Lipinski definition) is 1. The van der Waals surface area contributed by atoms with E-state index in [0.29, 0.717) is 36.8 Å².